The number of alkyl halides is 3. The first-order valence-corrected chi connectivity index (χ1v) is 8.13. The summed E-state index contributed by atoms with van der Waals surface area (Å²) in [7, 11) is 0. The molecule has 1 heterocycles. The molecule has 0 atom stereocenters. The fourth-order valence-corrected chi connectivity index (χ4v) is 2.69. The van der Waals surface area contributed by atoms with Crippen molar-refractivity contribution in [3.8, 4) is 11.4 Å². The molecule has 0 saturated heterocycles. The third kappa shape index (κ3) is 4.79. The molecule has 8 heteroatoms. The summed E-state index contributed by atoms with van der Waals surface area (Å²) in [4.78, 5) is 4.41. The average Bonchev–Trinajstić information content (AvgIpc) is 2.99. The molecule has 1 aromatic heterocycles. The number of hydrogen-bond acceptors (Lipinski definition) is 5. The highest BCUT2D eigenvalue weighted by molar-refractivity contribution is 5.54. The zero-order valence-electron chi connectivity index (χ0n) is 13.8. The second kappa shape index (κ2) is 7.53. The second-order valence-corrected chi connectivity index (χ2v) is 6.01. The van der Waals surface area contributed by atoms with E-state index in [9.17, 15) is 13.2 Å². The van der Waals surface area contributed by atoms with Crippen LogP contribution in [-0.4, -0.2) is 35.6 Å². The fraction of sp³-hybridized carbons (Fsp3) is 0.529. The van der Waals surface area contributed by atoms with E-state index < -0.39 is 12.8 Å². The van der Waals surface area contributed by atoms with E-state index in [-0.39, 0.29) is 18.6 Å². The Kier molecular flexibility index (Phi) is 5.39. The summed E-state index contributed by atoms with van der Waals surface area (Å²) < 4.78 is 51.6. The zero-order chi connectivity index (χ0) is 17.9. The van der Waals surface area contributed by atoms with E-state index in [2.05, 4.69) is 14.9 Å². The van der Waals surface area contributed by atoms with Gasteiger partial charge in [0.25, 0.3) is 0 Å². The molecule has 1 aromatic carbocycles. The number of benzene rings is 1. The topological polar surface area (TPSA) is 57.4 Å². The molecule has 0 bridgehead atoms. The van der Waals surface area contributed by atoms with Crippen molar-refractivity contribution in [1.29, 1.82) is 0 Å². The fourth-order valence-electron chi connectivity index (χ4n) is 2.69. The van der Waals surface area contributed by atoms with Gasteiger partial charge in [-0.1, -0.05) is 29.4 Å². The van der Waals surface area contributed by atoms with Crippen LogP contribution in [0.4, 0.5) is 13.2 Å². The van der Waals surface area contributed by atoms with Crippen molar-refractivity contribution in [3.05, 3.63) is 35.7 Å². The Morgan fingerprint density at radius 2 is 1.92 bits per heavy atom. The summed E-state index contributed by atoms with van der Waals surface area (Å²) in [5, 5.41) is 3.98. The minimum absolute atomic E-state index is 0.0990. The van der Waals surface area contributed by atoms with Crippen molar-refractivity contribution >= 4 is 0 Å². The molecular weight excluding hydrogens is 337 g/mol. The highest BCUT2D eigenvalue weighted by Gasteiger charge is 2.35. The van der Waals surface area contributed by atoms with Crippen LogP contribution < -0.4 is 0 Å². The van der Waals surface area contributed by atoms with E-state index in [1.54, 1.807) is 24.3 Å². The van der Waals surface area contributed by atoms with Gasteiger partial charge in [0.05, 0.1) is 12.7 Å². The monoisotopic (exact) mass is 356 g/mol. The summed E-state index contributed by atoms with van der Waals surface area (Å²) >= 11 is 0. The van der Waals surface area contributed by atoms with Gasteiger partial charge in [0.2, 0.25) is 11.7 Å². The first-order valence-electron chi connectivity index (χ1n) is 8.13. The third-order valence-corrected chi connectivity index (χ3v) is 4.03. The maximum absolute atomic E-state index is 12.1. The van der Waals surface area contributed by atoms with Crippen LogP contribution in [0.1, 0.15) is 37.1 Å². The van der Waals surface area contributed by atoms with Gasteiger partial charge in [-0.3, -0.25) is 0 Å². The molecule has 1 saturated carbocycles. The largest absolute Gasteiger partial charge is 0.411 e. The number of rotatable bonds is 7. The van der Waals surface area contributed by atoms with Gasteiger partial charge >= 0.3 is 6.18 Å². The number of halogens is 3. The lowest BCUT2D eigenvalue weighted by Crippen LogP contribution is -2.29. The molecule has 2 aromatic rings. The van der Waals surface area contributed by atoms with Crippen molar-refractivity contribution in [2.45, 2.75) is 44.6 Å². The summed E-state index contributed by atoms with van der Waals surface area (Å²) in [5.41, 5.74) is 1.39. The predicted octanol–water partition coefficient (Wildman–Crippen LogP) is 4.10. The molecule has 1 aliphatic carbocycles. The lowest BCUT2D eigenvalue weighted by molar-refractivity contribution is -0.176. The van der Waals surface area contributed by atoms with E-state index in [1.807, 2.05) is 6.92 Å². The maximum atomic E-state index is 12.1. The molecule has 0 radical (unpaired) electrons. The molecule has 25 heavy (non-hydrogen) atoms. The van der Waals surface area contributed by atoms with Crippen LogP contribution in [0.25, 0.3) is 11.4 Å². The Morgan fingerprint density at radius 1 is 1.20 bits per heavy atom. The average molecular weight is 356 g/mol. The number of hydrogen-bond donors (Lipinski definition) is 0. The predicted molar refractivity (Wildman–Crippen MR) is 82.8 cm³/mol. The van der Waals surface area contributed by atoms with Crippen LogP contribution >= 0.6 is 0 Å². The van der Waals surface area contributed by atoms with Crippen molar-refractivity contribution in [3.63, 3.8) is 0 Å². The van der Waals surface area contributed by atoms with E-state index in [1.165, 1.54) is 0 Å². The molecule has 1 aliphatic rings. The smallest absolute Gasteiger partial charge is 0.378 e. The van der Waals surface area contributed by atoms with Gasteiger partial charge in [0, 0.05) is 18.1 Å². The quantitative estimate of drug-likeness (QED) is 0.748. The standard InChI is InChI=1S/C17H19F3N2O3/c1-2-24-14-7-13(8-14)16-21-15(22-25-16)12-5-3-11(4-6-12)9-23-10-17(18,19)20/h3-6,13-14H,2,7-10H2,1H3. The maximum Gasteiger partial charge on any atom is 0.411 e. The van der Waals surface area contributed by atoms with Gasteiger partial charge in [-0.25, -0.2) is 0 Å². The van der Waals surface area contributed by atoms with E-state index in [0.717, 1.165) is 18.4 Å². The zero-order valence-corrected chi connectivity index (χ0v) is 13.8. The molecular formula is C17H19F3N2O3. The molecule has 1 fully saturated rings. The number of aromatic nitrogens is 2. The SMILES string of the molecule is CCOC1CC(c2nc(-c3ccc(COCC(F)(F)F)cc3)no2)C1. The first-order chi connectivity index (χ1) is 11.9. The molecule has 136 valence electrons. The van der Waals surface area contributed by atoms with Crippen molar-refractivity contribution in [2.75, 3.05) is 13.2 Å². The van der Waals surface area contributed by atoms with Gasteiger partial charge in [0.1, 0.15) is 6.61 Å². The minimum atomic E-state index is -4.32. The number of ether oxygens (including phenoxy) is 2. The molecule has 0 amide bonds. The van der Waals surface area contributed by atoms with Gasteiger partial charge in [-0.15, -0.1) is 0 Å². The molecule has 0 N–H and O–H groups in total. The lowest BCUT2D eigenvalue weighted by atomic mass is 9.82. The van der Waals surface area contributed by atoms with Gasteiger partial charge in [0.15, 0.2) is 0 Å². The lowest BCUT2D eigenvalue weighted by Gasteiger charge is -2.32. The molecule has 5 nitrogen and oxygen atoms in total. The van der Waals surface area contributed by atoms with Gasteiger partial charge < -0.3 is 14.0 Å². The normalized spacial score (nSPS) is 20.5. The number of nitrogens with zero attached hydrogens (tertiary/aromatic N) is 2. The van der Waals surface area contributed by atoms with E-state index in [0.29, 0.717) is 23.9 Å². The Morgan fingerprint density at radius 3 is 2.56 bits per heavy atom. The van der Waals surface area contributed by atoms with Crippen LogP contribution in [0.2, 0.25) is 0 Å². The summed E-state index contributed by atoms with van der Waals surface area (Å²) in [6.45, 7) is 1.31. The molecule has 3 rings (SSSR count). The van der Waals surface area contributed by atoms with Crippen LogP contribution in [0, 0.1) is 0 Å². The van der Waals surface area contributed by atoms with Gasteiger partial charge in [-0.2, -0.15) is 18.2 Å². The van der Waals surface area contributed by atoms with Crippen molar-refractivity contribution in [1.82, 2.24) is 10.1 Å². The second-order valence-electron chi connectivity index (χ2n) is 6.01. The summed E-state index contributed by atoms with van der Waals surface area (Å²) in [6, 6.07) is 6.86. The summed E-state index contributed by atoms with van der Waals surface area (Å²) in [5.74, 6) is 1.30. The van der Waals surface area contributed by atoms with Crippen LogP contribution in [-0.2, 0) is 16.1 Å². The van der Waals surface area contributed by atoms with Crippen LogP contribution in [0.3, 0.4) is 0 Å². The van der Waals surface area contributed by atoms with E-state index >= 15 is 0 Å². The van der Waals surface area contributed by atoms with Crippen LogP contribution in [0.5, 0.6) is 0 Å². The highest BCUT2D eigenvalue weighted by Crippen LogP contribution is 2.38. The van der Waals surface area contributed by atoms with Crippen LogP contribution in [0.15, 0.2) is 28.8 Å². The highest BCUT2D eigenvalue weighted by atomic mass is 19.4. The minimum Gasteiger partial charge on any atom is -0.378 e. The van der Waals surface area contributed by atoms with E-state index in [4.69, 9.17) is 9.26 Å². The van der Waals surface area contributed by atoms with Gasteiger partial charge in [-0.05, 0) is 25.3 Å². The van der Waals surface area contributed by atoms with Crippen molar-refractivity contribution < 1.29 is 27.2 Å². The summed E-state index contributed by atoms with van der Waals surface area (Å²) in [6.07, 6.45) is -2.29. The van der Waals surface area contributed by atoms with Crippen molar-refractivity contribution in [2.24, 2.45) is 0 Å². The molecule has 0 unspecified atom stereocenters. The Labute approximate surface area is 143 Å². The molecule has 0 aliphatic heterocycles. The Balaban J connectivity index is 1.54. The Bertz CT molecular complexity index is 679. The molecule has 0 spiro atoms. The Hall–Kier alpha value is -1.93. The third-order valence-electron chi connectivity index (χ3n) is 4.03. The first kappa shape index (κ1) is 17.9.